The third-order valence-electron chi connectivity index (χ3n) is 4.33. The summed E-state index contributed by atoms with van der Waals surface area (Å²) in [4.78, 5) is 37.1. The van der Waals surface area contributed by atoms with Gasteiger partial charge in [-0.05, 0) is 60.2 Å². The lowest BCUT2D eigenvalue weighted by Crippen LogP contribution is -2.34. The highest BCUT2D eigenvalue weighted by molar-refractivity contribution is 8.18. The lowest BCUT2D eigenvalue weighted by atomic mass is 10.1. The van der Waals surface area contributed by atoms with Crippen molar-refractivity contribution in [2.45, 2.75) is 13.5 Å². The first-order valence-electron chi connectivity index (χ1n) is 9.48. The monoisotopic (exact) mass is 495 g/mol. The Hall–Kier alpha value is -2.68. The molecule has 7 nitrogen and oxygen atoms in total. The van der Waals surface area contributed by atoms with Crippen LogP contribution in [-0.4, -0.2) is 42.3 Å². The van der Waals surface area contributed by atoms with Crippen LogP contribution >= 0.6 is 35.0 Å². The molecule has 0 aliphatic carbocycles. The molecule has 0 atom stereocenters. The van der Waals surface area contributed by atoms with E-state index in [1.807, 2.05) is 13.0 Å². The molecule has 1 aliphatic heterocycles. The van der Waals surface area contributed by atoms with Crippen LogP contribution in [0.1, 0.15) is 18.1 Å². The fourth-order valence-corrected chi connectivity index (χ4v) is 3.93. The highest BCUT2D eigenvalue weighted by Crippen LogP contribution is 2.35. The molecule has 10 heteroatoms. The third-order valence-corrected chi connectivity index (χ3v) is 5.98. The van der Waals surface area contributed by atoms with Gasteiger partial charge in [-0.25, -0.2) is 0 Å². The first-order valence-corrected chi connectivity index (χ1v) is 11.1. The maximum absolute atomic E-state index is 12.5. The standard InChI is InChI=1S/C22H19Cl2NO6S/c1-3-30-18-9-13(10-19-21(27)25(22(28)32-19)11-20(26)29-2)5-7-17(18)31-12-14-4-6-15(23)16(24)8-14/h4-10H,3,11-12H2,1-2H3/b19-10-. The van der Waals surface area contributed by atoms with Gasteiger partial charge >= 0.3 is 5.97 Å². The molecule has 0 aromatic heterocycles. The van der Waals surface area contributed by atoms with E-state index in [1.165, 1.54) is 7.11 Å². The number of hydrogen-bond donors (Lipinski definition) is 0. The molecule has 1 saturated heterocycles. The maximum Gasteiger partial charge on any atom is 0.325 e. The minimum absolute atomic E-state index is 0.200. The van der Waals surface area contributed by atoms with E-state index in [-0.39, 0.29) is 11.5 Å². The number of amides is 2. The summed E-state index contributed by atoms with van der Waals surface area (Å²) in [5.41, 5.74) is 1.48. The van der Waals surface area contributed by atoms with Gasteiger partial charge < -0.3 is 14.2 Å². The summed E-state index contributed by atoms with van der Waals surface area (Å²) < 4.78 is 16.1. The van der Waals surface area contributed by atoms with E-state index in [4.69, 9.17) is 32.7 Å². The van der Waals surface area contributed by atoms with Crippen LogP contribution in [0.4, 0.5) is 4.79 Å². The van der Waals surface area contributed by atoms with Gasteiger partial charge in [0.15, 0.2) is 11.5 Å². The fraction of sp³-hybridized carbons (Fsp3) is 0.227. The third kappa shape index (κ3) is 5.76. The minimum Gasteiger partial charge on any atom is -0.490 e. The summed E-state index contributed by atoms with van der Waals surface area (Å²) in [6.07, 6.45) is 1.56. The second kappa shape index (κ2) is 10.8. The van der Waals surface area contributed by atoms with Crippen LogP contribution in [0.5, 0.6) is 11.5 Å². The van der Waals surface area contributed by atoms with E-state index < -0.39 is 23.7 Å². The van der Waals surface area contributed by atoms with Crippen molar-refractivity contribution in [1.29, 1.82) is 0 Å². The Morgan fingerprint density at radius 3 is 2.53 bits per heavy atom. The van der Waals surface area contributed by atoms with Crippen molar-refractivity contribution in [2.24, 2.45) is 0 Å². The normalized spacial score (nSPS) is 14.8. The molecule has 0 spiro atoms. The predicted octanol–water partition coefficient (Wildman–Crippen LogP) is 5.18. The molecule has 0 saturated carbocycles. The lowest BCUT2D eigenvalue weighted by Gasteiger charge is -2.13. The van der Waals surface area contributed by atoms with Gasteiger partial charge in [-0.3, -0.25) is 19.3 Å². The fourth-order valence-electron chi connectivity index (χ4n) is 2.77. The minimum atomic E-state index is -0.671. The van der Waals surface area contributed by atoms with Gasteiger partial charge in [0.05, 0.1) is 28.7 Å². The van der Waals surface area contributed by atoms with Crippen LogP contribution in [0.15, 0.2) is 41.3 Å². The topological polar surface area (TPSA) is 82.1 Å². The van der Waals surface area contributed by atoms with Gasteiger partial charge in [0.2, 0.25) is 0 Å². The number of imide groups is 1. The Balaban J connectivity index is 1.78. The Morgan fingerprint density at radius 2 is 1.84 bits per heavy atom. The van der Waals surface area contributed by atoms with Crippen molar-refractivity contribution in [3.63, 3.8) is 0 Å². The number of benzene rings is 2. The molecule has 2 amide bonds. The van der Waals surface area contributed by atoms with E-state index in [0.29, 0.717) is 33.7 Å². The summed E-state index contributed by atoms with van der Waals surface area (Å²) in [5, 5.41) is 0.373. The quantitative estimate of drug-likeness (QED) is 0.368. The first kappa shape index (κ1) is 24.0. The first-order chi connectivity index (χ1) is 15.3. The number of nitrogens with zero attached hydrogens (tertiary/aromatic N) is 1. The summed E-state index contributed by atoms with van der Waals surface area (Å²) >= 11 is 12.7. The molecule has 0 unspecified atom stereocenters. The van der Waals surface area contributed by atoms with Crippen LogP contribution in [-0.2, 0) is 20.9 Å². The SMILES string of the molecule is CCOc1cc(/C=C2\SC(=O)N(CC(=O)OC)C2=O)ccc1OCc1ccc(Cl)c(Cl)c1. The molecular weight excluding hydrogens is 477 g/mol. The lowest BCUT2D eigenvalue weighted by molar-refractivity contribution is -0.143. The highest BCUT2D eigenvalue weighted by Gasteiger charge is 2.36. The number of carbonyl (C=O) groups is 3. The Bertz CT molecular complexity index is 1090. The molecule has 1 heterocycles. The molecule has 1 aliphatic rings. The zero-order chi connectivity index (χ0) is 23.3. The largest absolute Gasteiger partial charge is 0.490 e. The molecule has 1 fully saturated rings. The average Bonchev–Trinajstić information content (AvgIpc) is 3.03. The van der Waals surface area contributed by atoms with Gasteiger partial charge in [-0.15, -0.1) is 0 Å². The van der Waals surface area contributed by atoms with Crippen molar-refractivity contribution in [3.05, 3.63) is 62.5 Å². The number of carbonyl (C=O) groups excluding carboxylic acids is 3. The van der Waals surface area contributed by atoms with E-state index in [2.05, 4.69) is 4.74 Å². The molecule has 0 N–H and O–H groups in total. The van der Waals surface area contributed by atoms with Crippen LogP contribution in [0.25, 0.3) is 6.08 Å². The summed E-state index contributed by atoms with van der Waals surface area (Å²) in [6, 6.07) is 10.4. The Labute approximate surface area is 199 Å². The van der Waals surface area contributed by atoms with Gasteiger partial charge in [0.1, 0.15) is 13.2 Å². The Kier molecular flexibility index (Phi) is 8.06. The van der Waals surface area contributed by atoms with Crippen LogP contribution in [0, 0.1) is 0 Å². The van der Waals surface area contributed by atoms with Gasteiger partial charge in [0.25, 0.3) is 11.1 Å². The van der Waals surface area contributed by atoms with Crippen molar-refractivity contribution < 1.29 is 28.6 Å². The van der Waals surface area contributed by atoms with E-state index in [1.54, 1.807) is 36.4 Å². The van der Waals surface area contributed by atoms with Crippen LogP contribution in [0.2, 0.25) is 10.0 Å². The number of esters is 1. The van der Waals surface area contributed by atoms with E-state index in [9.17, 15) is 14.4 Å². The second-order valence-electron chi connectivity index (χ2n) is 6.52. The summed E-state index contributed by atoms with van der Waals surface area (Å²) in [7, 11) is 1.19. The molecule has 3 rings (SSSR count). The molecule has 0 radical (unpaired) electrons. The zero-order valence-corrected chi connectivity index (χ0v) is 19.6. The van der Waals surface area contributed by atoms with E-state index >= 15 is 0 Å². The van der Waals surface area contributed by atoms with Gasteiger partial charge in [0, 0.05) is 0 Å². The molecule has 2 aromatic carbocycles. The number of methoxy groups -OCH3 is 1. The van der Waals surface area contributed by atoms with E-state index in [0.717, 1.165) is 22.2 Å². The molecule has 168 valence electrons. The van der Waals surface area contributed by atoms with Crippen LogP contribution < -0.4 is 9.47 Å². The summed E-state index contributed by atoms with van der Waals surface area (Å²) in [5.74, 6) is -0.233. The molecule has 0 bridgehead atoms. The Morgan fingerprint density at radius 1 is 1.06 bits per heavy atom. The van der Waals surface area contributed by atoms with Crippen molar-refractivity contribution in [1.82, 2.24) is 4.90 Å². The average molecular weight is 496 g/mol. The number of ether oxygens (including phenoxy) is 3. The van der Waals surface area contributed by atoms with Crippen molar-refractivity contribution in [2.75, 3.05) is 20.3 Å². The predicted molar refractivity (Wildman–Crippen MR) is 123 cm³/mol. The molecular formula is C22H19Cl2NO6S. The van der Waals surface area contributed by atoms with Crippen LogP contribution in [0.3, 0.4) is 0 Å². The van der Waals surface area contributed by atoms with Crippen molar-refractivity contribution in [3.8, 4) is 11.5 Å². The molecule has 2 aromatic rings. The maximum atomic E-state index is 12.5. The highest BCUT2D eigenvalue weighted by atomic mass is 35.5. The van der Waals surface area contributed by atoms with Crippen molar-refractivity contribution >= 4 is 58.2 Å². The number of halogens is 2. The van der Waals surface area contributed by atoms with Gasteiger partial charge in [-0.1, -0.05) is 35.3 Å². The smallest absolute Gasteiger partial charge is 0.325 e. The summed E-state index contributed by atoms with van der Waals surface area (Å²) in [6.45, 7) is 2.07. The number of rotatable bonds is 8. The second-order valence-corrected chi connectivity index (χ2v) is 8.33. The number of hydrogen-bond acceptors (Lipinski definition) is 7. The molecule has 32 heavy (non-hydrogen) atoms. The zero-order valence-electron chi connectivity index (χ0n) is 17.2. The van der Waals surface area contributed by atoms with Gasteiger partial charge in [-0.2, -0.15) is 0 Å². The number of thioether (sulfide) groups is 1.